The normalized spacial score (nSPS) is 12.1. The molecule has 1 aromatic rings. The van der Waals surface area contributed by atoms with E-state index in [9.17, 15) is 0 Å². The first-order valence-electron chi connectivity index (χ1n) is 2.74. The van der Waals surface area contributed by atoms with Crippen molar-refractivity contribution in [1.82, 2.24) is 0 Å². The van der Waals surface area contributed by atoms with Gasteiger partial charge in [0.05, 0.1) is 11.4 Å². The van der Waals surface area contributed by atoms with Gasteiger partial charge in [-0.05, 0) is 18.6 Å². The van der Waals surface area contributed by atoms with Gasteiger partial charge < -0.3 is 5.32 Å². The highest BCUT2D eigenvalue weighted by atomic mass is 15.0. The molecule has 0 amide bonds. The van der Waals surface area contributed by atoms with Gasteiger partial charge in [-0.1, -0.05) is 12.1 Å². The Balaban J connectivity index is 2.70. The lowest BCUT2D eigenvalue weighted by Gasteiger charge is -1.79. The molecular weight excluding hydrogens is 98.1 g/mol. The van der Waals surface area contributed by atoms with E-state index in [1.165, 1.54) is 16.9 Å². The van der Waals surface area contributed by atoms with Crippen LogP contribution in [0, 0.1) is 6.92 Å². The average Bonchev–Trinajstić information content (AvgIpc) is 2.45. The molecule has 0 atom stereocenters. The largest absolute Gasteiger partial charge is 0.352 e. The molecule has 2 rings (SSSR count). The smallest absolute Gasteiger partial charge is 0.0653 e. The van der Waals surface area contributed by atoms with E-state index in [0.29, 0.717) is 0 Å². The summed E-state index contributed by atoms with van der Waals surface area (Å²) in [6.45, 7) is 2.11. The van der Waals surface area contributed by atoms with E-state index < -0.39 is 0 Å². The maximum absolute atomic E-state index is 3.16. The summed E-state index contributed by atoms with van der Waals surface area (Å²) < 4.78 is 0. The zero-order chi connectivity index (χ0) is 5.56. The van der Waals surface area contributed by atoms with Crippen LogP contribution >= 0.6 is 0 Å². The van der Waals surface area contributed by atoms with Crippen LogP contribution in [0.25, 0.3) is 0 Å². The molecule has 0 radical (unpaired) electrons. The highest BCUT2D eigenvalue weighted by Gasteiger charge is 2.15. The van der Waals surface area contributed by atoms with Gasteiger partial charge in [-0.25, -0.2) is 0 Å². The fourth-order valence-electron chi connectivity index (χ4n) is 0.911. The second-order valence-electron chi connectivity index (χ2n) is 2.12. The molecule has 1 aliphatic rings. The van der Waals surface area contributed by atoms with E-state index in [1.807, 2.05) is 0 Å². The molecule has 0 fully saturated rings. The molecule has 0 saturated heterocycles. The average molecular weight is 105 g/mol. The number of hydrogen-bond acceptors (Lipinski definition) is 1. The zero-order valence-electron chi connectivity index (χ0n) is 4.73. The lowest BCUT2D eigenvalue weighted by atomic mass is 10.2. The number of anilines is 2. The van der Waals surface area contributed by atoms with Gasteiger partial charge in [0.25, 0.3) is 0 Å². The predicted molar refractivity (Wildman–Crippen MR) is 34.5 cm³/mol. The van der Waals surface area contributed by atoms with E-state index >= 15 is 0 Å². The second-order valence-corrected chi connectivity index (χ2v) is 2.12. The number of fused-ring (bicyclic) bond motifs is 1. The van der Waals surface area contributed by atoms with Crippen molar-refractivity contribution in [3.63, 3.8) is 0 Å². The lowest BCUT2D eigenvalue weighted by molar-refractivity contribution is 1.54. The van der Waals surface area contributed by atoms with Crippen LogP contribution in [0.5, 0.6) is 0 Å². The number of benzene rings is 1. The number of hydrogen-bond donors (Lipinski definition) is 1. The van der Waals surface area contributed by atoms with Crippen LogP contribution in [0.2, 0.25) is 0 Å². The van der Waals surface area contributed by atoms with Gasteiger partial charge in [0.2, 0.25) is 0 Å². The molecule has 0 spiro atoms. The van der Waals surface area contributed by atoms with E-state index in [0.717, 1.165) is 0 Å². The molecule has 1 heteroatoms. The van der Waals surface area contributed by atoms with Crippen molar-refractivity contribution in [1.29, 1.82) is 0 Å². The van der Waals surface area contributed by atoms with Crippen molar-refractivity contribution in [2.45, 2.75) is 6.92 Å². The summed E-state index contributed by atoms with van der Waals surface area (Å²) in [5, 5.41) is 3.16. The first-order chi connectivity index (χ1) is 3.88. The van der Waals surface area contributed by atoms with Gasteiger partial charge in [-0.15, -0.1) is 0 Å². The lowest BCUT2D eigenvalue weighted by Crippen LogP contribution is -1.59. The molecule has 0 aromatic heterocycles. The molecule has 8 heavy (non-hydrogen) atoms. The standard InChI is InChI=1S/C7H7N/c1-5-3-2-4-6-7(5)8-6/h2-4,8H,1H3. The summed E-state index contributed by atoms with van der Waals surface area (Å²) in [6, 6.07) is 6.26. The molecule has 1 nitrogen and oxygen atoms in total. The third kappa shape index (κ3) is 0.360. The second kappa shape index (κ2) is 1.05. The molecular formula is C7H7N. The van der Waals surface area contributed by atoms with Gasteiger partial charge in [-0.2, -0.15) is 0 Å². The minimum atomic E-state index is 1.30. The summed E-state index contributed by atoms with van der Waals surface area (Å²) in [5.41, 5.74) is 3.97. The number of para-hydroxylation sites is 1. The highest BCUT2D eigenvalue weighted by molar-refractivity contribution is 5.92. The topological polar surface area (TPSA) is 21.9 Å². The Labute approximate surface area is 48.3 Å². The minimum absolute atomic E-state index is 1.30. The Kier molecular flexibility index (Phi) is 0.519. The van der Waals surface area contributed by atoms with Crippen LogP contribution in [0.15, 0.2) is 18.2 Å². The van der Waals surface area contributed by atoms with Crippen LogP contribution < -0.4 is 5.32 Å². The van der Waals surface area contributed by atoms with Crippen molar-refractivity contribution in [2.75, 3.05) is 5.32 Å². The van der Waals surface area contributed by atoms with Gasteiger partial charge >= 0.3 is 0 Å². The van der Waals surface area contributed by atoms with Crippen molar-refractivity contribution in [2.24, 2.45) is 0 Å². The third-order valence-electron chi connectivity index (χ3n) is 1.47. The molecule has 1 aliphatic heterocycles. The molecule has 0 aliphatic carbocycles. The summed E-state index contributed by atoms with van der Waals surface area (Å²) in [7, 11) is 0. The van der Waals surface area contributed by atoms with Crippen LogP contribution in [0.1, 0.15) is 5.56 Å². The zero-order valence-corrected chi connectivity index (χ0v) is 4.73. The number of rotatable bonds is 0. The Bertz CT molecular complexity index is 228. The van der Waals surface area contributed by atoms with Gasteiger partial charge in [0.1, 0.15) is 0 Å². The predicted octanol–water partition coefficient (Wildman–Crippen LogP) is 2.05. The SMILES string of the molecule is Cc1cccc2c1N2. The fourth-order valence-corrected chi connectivity index (χ4v) is 0.911. The van der Waals surface area contributed by atoms with Crippen molar-refractivity contribution >= 4 is 11.4 Å². The molecule has 0 unspecified atom stereocenters. The maximum Gasteiger partial charge on any atom is 0.0653 e. The quantitative estimate of drug-likeness (QED) is 0.509. The van der Waals surface area contributed by atoms with E-state index in [1.54, 1.807) is 0 Å². The molecule has 40 valence electrons. The van der Waals surface area contributed by atoms with Crippen LogP contribution in [0.4, 0.5) is 11.4 Å². The molecule has 0 saturated carbocycles. The molecule has 1 N–H and O–H groups in total. The van der Waals surface area contributed by atoms with Crippen molar-refractivity contribution in [3.05, 3.63) is 23.8 Å². The van der Waals surface area contributed by atoms with Crippen LogP contribution in [0.3, 0.4) is 0 Å². The highest BCUT2D eigenvalue weighted by Crippen LogP contribution is 2.40. The summed E-state index contributed by atoms with van der Waals surface area (Å²) in [4.78, 5) is 0. The van der Waals surface area contributed by atoms with Crippen molar-refractivity contribution in [3.8, 4) is 0 Å². The third-order valence-corrected chi connectivity index (χ3v) is 1.47. The van der Waals surface area contributed by atoms with Gasteiger partial charge in [0, 0.05) is 0 Å². The Morgan fingerprint density at radius 3 is 2.88 bits per heavy atom. The summed E-state index contributed by atoms with van der Waals surface area (Å²) >= 11 is 0. The molecule has 1 heterocycles. The first kappa shape index (κ1) is 3.96. The maximum atomic E-state index is 3.16. The van der Waals surface area contributed by atoms with Crippen LogP contribution in [-0.4, -0.2) is 0 Å². The fraction of sp³-hybridized carbons (Fsp3) is 0.143. The Hall–Kier alpha value is -0.980. The number of nitrogens with one attached hydrogen (secondary N) is 1. The Morgan fingerprint density at radius 1 is 1.38 bits per heavy atom. The van der Waals surface area contributed by atoms with Crippen LogP contribution in [-0.2, 0) is 0 Å². The molecule has 0 bridgehead atoms. The Morgan fingerprint density at radius 2 is 2.25 bits per heavy atom. The van der Waals surface area contributed by atoms with Crippen molar-refractivity contribution < 1.29 is 0 Å². The van der Waals surface area contributed by atoms with Gasteiger partial charge in [-0.3, -0.25) is 0 Å². The van der Waals surface area contributed by atoms with E-state index in [4.69, 9.17) is 0 Å². The first-order valence-corrected chi connectivity index (χ1v) is 2.74. The number of aryl methyl sites for hydroxylation is 1. The minimum Gasteiger partial charge on any atom is -0.352 e. The van der Waals surface area contributed by atoms with Gasteiger partial charge in [0.15, 0.2) is 0 Å². The monoisotopic (exact) mass is 105 g/mol. The summed E-state index contributed by atoms with van der Waals surface area (Å²) in [6.07, 6.45) is 0. The molecule has 1 aromatic carbocycles. The summed E-state index contributed by atoms with van der Waals surface area (Å²) in [5.74, 6) is 0. The van der Waals surface area contributed by atoms with E-state index in [2.05, 4.69) is 30.4 Å². The van der Waals surface area contributed by atoms with E-state index in [-0.39, 0.29) is 0 Å².